The molecule has 0 aliphatic heterocycles. The third kappa shape index (κ3) is 6.52. The van der Waals surface area contributed by atoms with Crippen LogP contribution in [0.1, 0.15) is 26.7 Å². The van der Waals surface area contributed by atoms with E-state index >= 15 is 0 Å². The van der Waals surface area contributed by atoms with E-state index in [-0.39, 0.29) is 12.3 Å². The van der Waals surface area contributed by atoms with Crippen molar-refractivity contribution in [3.8, 4) is 0 Å². The van der Waals surface area contributed by atoms with E-state index in [1.165, 1.54) is 0 Å². The number of hydrogen-bond acceptors (Lipinski definition) is 4. The van der Waals surface area contributed by atoms with Crippen molar-refractivity contribution < 1.29 is 29.7 Å². The number of carbonyl (C=O) groups is 3. The van der Waals surface area contributed by atoms with Gasteiger partial charge in [0.15, 0.2) is 0 Å². The molecule has 0 aliphatic rings. The van der Waals surface area contributed by atoms with E-state index in [0.717, 1.165) is 0 Å². The summed E-state index contributed by atoms with van der Waals surface area (Å²) in [6.45, 7) is 3.59. The number of nitrogens with one attached hydrogen (secondary N) is 1. The Hall–Kier alpha value is -1.63. The van der Waals surface area contributed by atoms with Gasteiger partial charge in [0.05, 0.1) is 6.42 Å². The van der Waals surface area contributed by atoms with Crippen molar-refractivity contribution in [2.24, 2.45) is 5.92 Å². The summed E-state index contributed by atoms with van der Waals surface area (Å²) >= 11 is 0. The fourth-order valence-electron chi connectivity index (χ4n) is 1.20. The fraction of sp³-hybridized carbons (Fsp3) is 0.700. The lowest BCUT2D eigenvalue weighted by atomic mass is 10.1. The van der Waals surface area contributed by atoms with Crippen LogP contribution in [-0.2, 0) is 14.4 Å². The molecule has 17 heavy (non-hydrogen) atoms. The molecule has 0 aromatic rings. The first-order valence-electron chi connectivity index (χ1n) is 5.17. The maximum absolute atomic E-state index is 11.4. The molecule has 4 N–H and O–H groups in total. The number of carboxylic acids is 2. The van der Waals surface area contributed by atoms with Crippen molar-refractivity contribution in [2.75, 3.05) is 0 Å². The van der Waals surface area contributed by atoms with Crippen LogP contribution >= 0.6 is 0 Å². The Morgan fingerprint density at radius 3 is 2.06 bits per heavy atom. The summed E-state index contributed by atoms with van der Waals surface area (Å²) in [5, 5.41) is 28.5. The van der Waals surface area contributed by atoms with Crippen LogP contribution in [-0.4, -0.2) is 45.3 Å². The monoisotopic (exact) mass is 247 g/mol. The van der Waals surface area contributed by atoms with Crippen LogP contribution in [0.4, 0.5) is 0 Å². The minimum absolute atomic E-state index is 0.0681. The zero-order valence-electron chi connectivity index (χ0n) is 9.71. The minimum atomic E-state index is -1.53. The zero-order chi connectivity index (χ0) is 13.6. The van der Waals surface area contributed by atoms with Crippen LogP contribution in [0.15, 0.2) is 0 Å². The molecular weight excluding hydrogens is 230 g/mol. The first kappa shape index (κ1) is 15.4. The highest BCUT2D eigenvalue weighted by atomic mass is 16.4. The van der Waals surface area contributed by atoms with E-state index in [9.17, 15) is 19.5 Å². The molecule has 0 fully saturated rings. The third-order valence-corrected chi connectivity index (χ3v) is 1.99. The molecule has 0 saturated heterocycles. The smallest absolute Gasteiger partial charge is 0.326 e. The molecule has 0 heterocycles. The Morgan fingerprint density at radius 2 is 1.71 bits per heavy atom. The molecule has 0 saturated carbocycles. The third-order valence-electron chi connectivity index (χ3n) is 1.99. The van der Waals surface area contributed by atoms with Crippen LogP contribution in [0.5, 0.6) is 0 Å². The van der Waals surface area contributed by atoms with Crippen molar-refractivity contribution in [1.82, 2.24) is 5.32 Å². The van der Waals surface area contributed by atoms with Crippen LogP contribution in [0.25, 0.3) is 0 Å². The fourth-order valence-corrected chi connectivity index (χ4v) is 1.20. The minimum Gasteiger partial charge on any atom is -0.481 e. The predicted octanol–water partition coefficient (Wildman–Crippen LogP) is -0.562. The molecule has 98 valence electrons. The van der Waals surface area contributed by atoms with Crippen molar-refractivity contribution >= 4 is 17.8 Å². The highest BCUT2D eigenvalue weighted by Gasteiger charge is 2.26. The predicted molar refractivity (Wildman–Crippen MR) is 57.3 cm³/mol. The molecule has 0 unspecified atom stereocenters. The maximum atomic E-state index is 11.4. The second-order valence-corrected chi connectivity index (χ2v) is 4.14. The molecule has 7 heteroatoms. The molecule has 0 radical (unpaired) electrons. The highest BCUT2D eigenvalue weighted by Crippen LogP contribution is 2.05. The van der Waals surface area contributed by atoms with E-state index in [0.29, 0.717) is 0 Å². The van der Waals surface area contributed by atoms with Crippen LogP contribution in [0.2, 0.25) is 0 Å². The van der Waals surface area contributed by atoms with Gasteiger partial charge in [-0.2, -0.15) is 0 Å². The summed E-state index contributed by atoms with van der Waals surface area (Å²) in [5.41, 5.74) is 0. The van der Waals surface area contributed by atoms with Crippen LogP contribution in [0.3, 0.4) is 0 Å². The number of aliphatic carboxylic acids is 2. The van der Waals surface area contributed by atoms with Gasteiger partial charge in [-0.15, -0.1) is 0 Å². The van der Waals surface area contributed by atoms with Gasteiger partial charge >= 0.3 is 11.9 Å². The molecule has 0 bridgehead atoms. The van der Waals surface area contributed by atoms with Crippen molar-refractivity contribution in [2.45, 2.75) is 38.8 Å². The second kappa shape index (κ2) is 6.85. The standard InChI is InChI=1S/C10H17NO6/c1-5(2)3-7(12)9(15)11-6(10(16)17)4-8(13)14/h5-7,12H,3-4H2,1-2H3,(H,11,15)(H,13,14)(H,16,17)/t6-,7-/m0/s1. The summed E-state index contributed by atoms with van der Waals surface area (Å²) in [7, 11) is 0. The zero-order valence-corrected chi connectivity index (χ0v) is 9.71. The SMILES string of the molecule is CC(C)C[C@H](O)C(=O)N[C@@H](CC(=O)O)C(=O)O. The maximum Gasteiger partial charge on any atom is 0.326 e. The molecule has 2 atom stereocenters. The van der Waals surface area contributed by atoms with Crippen LogP contribution in [0, 0.1) is 5.92 Å². The Morgan fingerprint density at radius 1 is 1.18 bits per heavy atom. The topological polar surface area (TPSA) is 124 Å². The molecule has 0 aromatic carbocycles. The number of carboxylic acid groups (broad SMARTS) is 2. The van der Waals surface area contributed by atoms with Gasteiger partial charge in [0.1, 0.15) is 12.1 Å². The summed E-state index contributed by atoms with van der Waals surface area (Å²) in [6.07, 6.45) is -1.87. The number of amides is 1. The quantitative estimate of drug-likeness (QED) is 0.478. The Labute approximate surface area is 98.4 Å². The molecular formula is C10H17NO6. The average molecular weight is 247 g/mol. The van der Waals surface area contributed by atoms with E-state index in [1.54, 1.807) is 13.8 Å². The van der Waals surface area contributed by atoms with Gasteiger partial charge in [0.25, 0.3) is 0 Å². The lowest BCUT2D eigenvalue weighted by Crippen LogP contribution is -2.46. The van der Waals surface area contributed by atoms with E-state index in [4.69, 9.17) is 10.2 Å². The van der Waals surface area contributed by atoms with Gasteiger partial charge in [0.2, 0.25) is 5.91 Å². The van der Waals surface area contributed by atoms with Gasteiger partial charge in [-0.1, -0.05) is 13.8 Å². The first-order chi connectivity index (χ1) is 7.73. The summed E-state index contributed by atoms with van der Waals surface area (Å²) in [6, 6.07) is -1.53. The van der Waals surface area contributed by atoms with E-state index in [2.05, 4.69) is 0 Å². The number of rotatable bonds is 7. The number of aliphatic hydroxyl groups is 1. The van der Waals surface area contributed by atoms with Gasteiger partial charge in [-0.05, 0) is 12.3 Å². The van der Waals surface area contributed by atoms with Crippen molar-refractivity contribution in [3.05, 3.63) is 0 Å². The normalized spacial score (nSPS) is 14.1. The molecule has 0 aliphatic carbocycles. The molecule has 0 rings (SSSR count). The number of carbonyl (C=O) groups excluding carboxylic acids is 1. The van der Waals surface area contributed by atoms with E-state index < -0.39 is 36.4 Å². The molecule has 0 aromatic heterocycles. The Bertz CT molecular complexity index is 301. The molecule has 7 nitrogen and oxygen atoms in total. The average Bonchev–Trinajstić information content (AvgIpc) is 2.14. The summed E-state index contributed by atoms with van der Waals surface area (Å²) in [5.74, 6) is -3.58. The lowest BCUT2D eigenvalue weighted by Gasteiger charge is -2.16. The summed E-state index contributed by atoms with van der Waals surface area (Å²) in [4.78, 5) is 32.4. The number of aliphatic hydroxyl groups excluding tert-OH is 1. The van der Waals surface area contributed by atoms with Crippen molar-refractivity contribution in [3.63, 3.8) is 0 Å². The molecule has 1 amide bonds. The van der Waals surface area contributed by atoms with Gasteiger partial charge in [-0.25, -0.2) is 4.79 Å². The van der Waals surface area contributed by atoms with Gasteiger partial charge in [0, 0.05) is 0 Å². The molecule has 0 spiro atoms. The Kier molecular flexibility index (Phi) is 6.19. The van der Waals surface area contributed by atoms with E-state index in [1.807, 2.05) is 5.32 Å². The Balaban J connectivity index is 4.39. The lowest BCUT2D eigenvalue weighted by molar-refractivity contribution is -0.148. The highest BCUT2D eigenvalue weighted by molar-refractivity contribution is 5.88. The summed E-state index contributed by atoms with van der Waals surface area (Å²) < 4.78 is 0. The van der Waals surface area contributed by atoms with Crippen LogP contribution < -0.4 is 5.32 Å². The van der Waals surface area contributed by atoms with Gasteiger partial charge in [-0.3, -0.25) is 9.59 Å². The largest absolute Gasteiger partial charge is 0.481 e. The second-order valence-electron chi connectivity index (χ2n) is 4.14. The first-order valence-corrected chi connectivity index (χ1v) is 5.17. The van der Waals surface area contributed by atoms with Crippen molar-refractivity contribution in [1.29, 1.82) is 0 Å². The van der Waals surface area contributed by atoms with Gasteiger partial charge < -0.3 is 20.6 Å². The number of hydrogen-bond donors (Lipinski definition) is 4.